The lowest BCUT2D eigenvalue weighted by Gasteiger charge is -2.26. The highest BCUT2D eigenvalue weighted by atomic mass is 19.1. The van der Waals surface area contributed by atoms with E-state index in [4.69, 9.17) is 0 Å². The molecule has 6 nitrogen and oxygen atoms in total. The maximum Gasteiger partial charge on any atom is 0.182 e. The molecule has 104 valence electrons. The first-order chi connectivity index (χ1) is 9.72. The van der Waals surface area contributed by atoms with Crippen LogP contribution in [0.25, 0.3) is 0 Å². The number of hydrogen-bond acceptors (Lipinski definition) is 5. The number of carbonyl (C=O) groups excluding carboxylic acids is 1. The number of pyridine rings is 1. The van der Waals surface area contributed by atoms with Crippen LogP contribution in [0.3, 0.4) is 0 Å². The number of rotatable bonds is 4. The van der Waals surface area contributed by atoms with E-state index in [-0.39, 0.29) is 5.78 Å². The Morgan fingerprint density at radius 1 is 1.35 bits per heavy atom. The third kappa shape index (κ3) is 2.72. The average Bonchev–Trinajstić information content (AvgIpc) is 2.93. The molecule has 3 rings (SSSR count). The molecule has 2 aromatic heterocycles. The Kier molecular flexibility index (Phi) is 3.51. The van der Waals surface area contributed by atoms with Crippen molar-refractivity contribution in [3.63, 3.8) is 0 Å². The van der Waals surface area contributed by atoms with E-state index in [9.17, 15) is 9.18 Å². The van der Waals surface area contributed by atoms with E-state index in [2.05, 4.69) is 20.1 Å². The van der Waals surface area contributed by atoms with Crippen LogP contribution in [-0.2, 0) is 13.1 Å². The predicted molar refractivity (Wildman–Crippen MR) is 68.4 cm³/mol. The first kappa shape index (κ1) is 12.9. The quantitative estimate of drug-likeness (QED) is 0.776. The first-order valence-corrected chi connectivity index (χ1v) is 6.46. The number of aromatic nitrogens is 4. The van der Waals surface area contributed by atoms with E-state index in [1.165, 1.54) is 12.1 Å². The molecule has 0 amide bonds. The van der Waals surface area contributed by atoms with Crippen molar-refractivity contribution in [2.24, 2.45) is 0 Å². The highest BCUT2D eigenvalue weighted by Gasteiger charge is 2.18. The number of halogens is 1. The highest BCUT2D eigenvalue weighted by molar-refractivity contribution is 5.94. The summed E-state index contributed by atoms with van der Waals surface area (Å²) in [4.78, 5) is 17.9. The second kappa shape index (κ2) is 5.46. The molecule has 0 saturated heterocycles. The third-order valence-corrected chi connectivity index (χ3v) is 3.39. The molecular weight excluding hydrogens is 261 g/mol. The van der Waals surface area contributed by atoms with Gasteiger partial charge in [-0.3, -0.25) is 14.7 Å². The Bertz CT molecular complexity index is 609. The maximum absolute atomic E-state index is 12.7. The molecule has 0 spiro atoms. The van der Waals surface area contributed by atoms with Crippen molar-refractivity contribution in [1.29, 1.82) is 0 Å². The fourth-order valence-corrected chi connectivity index (χ4v) is 2.24. The summed E-state index contributed by atoms with van der Waals surface area (Å²) >= 11 is 0. The van der Waals surface area contributed by atoms with Crippen molar-refractivity contribution in [3.8, 4) is 0 Å². The van der Waals surface area contributed by atoms with Crippen LogP contribution in [0.5, 0.6) is 0 Å². The summed E-state index contributed by atoms with van der Waals surface area (Å²) in [5.41, 5.74) is 0.312. The lowest BCUT2D eigenvalue weighted by Crippen LogP contribution is -2.35. The SMILES string of the molecule is O=C(CCN1CCn2cnnc2C1)c1ccc(F)cn1. The van der Waals surface area contributed by atoms with Crippen LogP contribution in [0, 0.1) is 5.82 Å². The molecule has 2 aromatic rings. The van der Waals surface area contributed by atoms with Crippen molar-refractivity contribution in [3.05, 3.63) is 42.0 Å². The van der Waals surface area contributed by atoms with Gasteiger partial charge in [0, 0.05) is 26.1 Å². The highest BCUT2D eigenvalue weighted by Crippen LogP contribution is 2.10. The van der Waals surface area contributed by atoms with Gasteiger partial charge in [-0.2, -0.15) is 0 Å². The largest absolute Gasteiger partial charge is 0.315 e. The van der Waals surface area contributed by atoms with Gasteiger partial charge in [0.2, 0.25) is 0 Å². The van der Waals surface area contributed by atoms with Crippen LogP contribution in [0.1, 0.15) is 22.7 Å². The maximum atomic E-state index is 12.7. The number of fused-ring (bicyclic) bond motifs is 1. The van der Waals surface area contributed by atoms with E-state index >= 15 is 0 Å². The standard InChI is InChI=1S/C13H14FN5O/c14-10-1-2-11(15-7-10)12(20)3-4-18-5-6-19-9-16-17-13(19)8-18/h1-2,7,9H,3-6,8H2. The van der Waals surface area contributed by atoms with Gasteiger partial charge >= 0.3 is 0 Å². The molecule has 1 aliphatic rings. The van der Waals surface area contributed by atoms with Gasteiger partial charge in [-0.15, -0.1) is 10.2 Å². The summed E-state index contributed by atoms with van der Waals surface area (Å²) in [5.74, 6) is 0.414. The zero-order valence-electron chi connectivity index (χ0n) is 10.9. The topological polar surface area (TPSA) is 63.9 Å². The minimum absolute atomic E-state index is 0.0722. The van der Waals surface area contributed by atoms with E-state index in [0.717, 1.165) is 25.1 Å². The summed E-state index contributed by atoms with van der Waals surface area (Å²) in [6.45, 7) is 3.05. The molecule has 0 bridgehead atoms. The van der Waals surface area contributed by atoms with Crippen LogP contribution >= 0.6 is 0 Å². The fourth-order valence-electron chi connectivity index (χ4n) is 2.24. The molecular formula is C13H14FN5O. The van der Waals surface area contributed by atoms with Crippen molar-refractivity contribution in [1.82, 2.24) is 24.6 Å². The smallest absolute Gasteiger partial charge is 0.182 e. The monoisotopic (exact) mass is 275 g/mol. The molecule has 1 aliphatic heterocycles. The molecule has 0 saturated carbocycles. The van der Waals surface area contributed by atoms with Gasteiger partial charge in [0.1, 0.15) is 23.7 Å². The summed E-state index contributed by atoms with van der Waals surface area (Å²) < 4.78 is 14.8. The molecule has 3 heterocycles. The van der Waals surface area contributed by atoms with Crippen LogP contribution in [-0.4, -0.2) is 43.5 Å². The first-order valence-electron chi connectivity index (χ1n) is 6.46. The number of nitrogens with zero attached hydrogens (tertiary/aromatic N) is 5. The lowest BCUT2D eigenvalue weighted by molar-refractivity contribution is 0.0950. The molecule has 0 fully saturated rings. The van der Waals surface area contributed by atoms with Crippen molar-refractivity contribution < 1.29 is 9.18 Å². The van der Waals surface area contributed by atoms with E-state index < -0.39 is 5.82 Å². The Hall–Kier alpha value is -2.15. The third-order valence-electron chi connectivity index (χ3n) is 3.39. The average molecular weight is 275 g/mol. The molecule has 0 radical (unpaired) electrons. The summed E-state index contributed by atoms with van der Waals surface area (Å²) in [5, 5.41) is 7.90. The Labute approximate surface area is 115 Å². The van der Waals surface area contributed by atoms with Crippen molar-refractivity contribution >= 4 is 5.78 Å². The molecule has 0 unspecified atom stereocenters. The Morgan fingerprint density at radius 3 is 3.05 bits per heavy atom. The molecule has 0 aliphatic carbocycles. The molecule has 20 heavy (non-hydrogen) atoms. The van der Waals surface area contributed by atoms with Gasteiger partial charge in [0.15, 0.2) is 5.78 Å². The zero-order chi connectivity index (χ0) is 13.9. The van der Waals surface area contributed by atoms with E-state index in [1.54, 1.807) is 6.33 Å². The molecule has 7 heteroatoms. The summed E-state index contributed by atoms with van der Waals surface area (Å²) in [7, 11) is 0. The van der Waals surface area contributed by atoms with Crippen molar-refractivity contribution in [2.45, 2.75) is 19.5 Å². The van der Waals surface area contributed by atoms with Crippen molar-refractivity contribution in [2.75, 3.05) is 13.1 Å². The second-order valence-corrected chi connectivity index (χ2v) is 4.75. The molecule has 0 aromatic carbocycles. The lowest BCUT2D eigenvalue weighted by atomic mass is 10.2. The summed E-state index contributed by atoms with van der Waals surface area (Å²) in [6.07, 6.45) is 3.16. The second-order valence-electron chi connectivity index (χ2n) is 4.75. The van der Waals surface area contributed by atoms with Crippen LogP contribution < -0.4 is 0 Å². The zero-order valence-corrected chi connectivity index (χ0v) is 10.9. The van der Waals surface area contributed by atoms with Crippen LogP contribution in [0.15, 0.2) is 24.7 Å². The number of hydrogen-bond donors (Lipinski definition) is 0. The summed E-state index contributed by atoms with van der Waals surface area (Å²) in [6, 6.07) is 2.67. The number of ketones is 1. The Balaban J connectivity index is 1.55. The van der Waals surface area contributed by atoms with Crippen LogP contribution in [0.2, 0.25) is 0 Å². The molecule has 0 atom stereocenters. The predicted octanol–water partition coefficient (Wildman–Crippen LogP) is 0.901. The minimum Gasteiger partial charge on any atom is -0.315 e. The number of Topliss-reactive ketones (excluding diaryl/α,β-unsaturated/α-hetero) is 1. The Morgan fingerprint density at radius 2 is 2.25 bits per heavy atom. The van der Waals surface area contributed by atoms with Gasteiger partial charge < -0.3 is 4.57 Å². The van der Waals surface area contributed by atoms with Gasteiger partial charge in [0.05, 0.1) is 12.7 Å². The van der Waals surface area contributed by atoms with E-state index in [0.29, 0.717) is 25.2 Å². The normalized spacial score (nSPS) is 15.1. The minimum atomic E-state index is -0.433. The van der Waals surface area contributed by atoms with Gasteiger partial charge in [-0.1, -0.05) is 0 Å². The number of carbonyl (C=O) groups is 1. The van der Waals surface area contributed by atoms with Gasteiger partial charge in [-0.05, 0) is 12.1 Å². The van der Waals surface area contributed by atoms with E-state index in [1.807, 2.05) is 4.57 Å². The molecule has 0 N–H and O–H groups in total. The van der Waals surface area contributed by atoms with Gasteiger partial charge in [0.25, 0.3) is 0 Å². The van der Waals surface area contributed by atoms with Crippen LogP contribution in [0.4, 0.5) is 4.39 Å². The van der Waals surface area contributed by atoms with Gasteiger partial charge in [-0.25, -0.2) is 4.39 Å². The fraction of sp³-hybridized carbons (Fsp3) is 0.385.